The molecule has 16 heavy (non-hydrogen) atoms. The van der Waals surface area contributed by atoms with Crippen LogP contribution < -0.4 is 5.73 Å². The molecule has 0 radical (unpaired) electrons. The maximum absolute atomic E-state index is 6.11. The number of nitrogens with two attached hydrogens (primary N) is 1. The van der Waals surface area contributed by atoms with E-state index >= 15 is 0 Å². The van der Waals surface area contributed by atoms with E-state index in [0.29, 0.717) is 0 Å². The van der Waals surface area contributed by atoms with Gasteiger partial charge in [0.1, 0.15) is 6.10 Å². The SMILES string of the molecule is CCCCOC(c1ccc(Br)s1)C(N)CC. The molecule has 0 aliphatic heterocycles. The molecule has 0 saturated heterocycles. The standard InChI is InChI=1S/C12H20BrNOS/c1-3-5-8-15-12(9(14)4-2)10-6-7-11(13)16-10/h6-7,9,12H,3-5,8,14H2,1-2H3. The summed E-state index contributed by atoms with van der Waals surface area (Å²) in [5.74, 6) is 0. The molecule has 0 amide bonds. The largest absolute Gasteiger partial charge is 0.371 e. The Balaban J connectivity index is 2.63. The fraction of sp³-hybridized carbons (Fsp3) is 0.667. The topological polar surface area (TPSA) is 35.2 Å². The fourth-order valence-electron chi connectivity index (χ4n) is 1.47. The average Bonchev–Trinajstić information content (AvgIpc) is 2.70. The van der Waals surface area contributed by atoms with E-state index in [-0.39, 0.29) is 12.1 Å². The summed E-state index contributed by atoms with van der Waals surface area (Å²) < 4.78 is 7.03. The third-order valence-electron chi connectivity index (χ3n) is 2.53. The first-order valence-electron chi connectivity index (χ1n) is 5.81. The lowest BCUT2D eigenvalue weighted by atomic mass is 10.1. The molecule has 1 aromatic heterocycles. The highest BCUT2D eigenvalue weighted by Gasteiger charge is 2.20. The molecule has 4 heteroatoms. The molecule has 0 aromatic carbocycles. The van der Waals surface area contributed by atoms with Gasteiger partial charge >= 0.3 is 0 Å². The van der Waals surface area contributed by atoms with Crippen LogP contribution in [-0.2, 0) is 4.74 Å². The molecule has 1 rings (SSSR count). The van der Waals surface area contributed by atoms with Gasteiger partial charge in [-0.1, -0.05) is 20.3 Å². The van der Waals surface area contributed by atoms with E-state index < -0.39 is 0 Å². The Morgan fingerprint density at radius 1 is 1.44 bits per heavy atom. The summed E-state index contributed by atoms with van der Waals surface area (Å²) in [6.07, 6.45) is 3.24. The zero-order valence-electron chi connectivity index (χ0n) is 9.91. The van der Waals surface area contributed by atoms with Gasteiger partial charge in [-0.3, -0.25) is 0 Å². The highest BCUT2D eigenvalue weighted by atomic mass is 79.9. The van der Waals surface area contributed by atoms with Crippen LogP contribution in [0.4, 0.5) is 0 Å². The van der Waals surface area contributed by atoms with Gasteiger partial charge in [0.25, 0.3) is 0 Å². The zero-order valence-corrected chi connectivity index (χ0v) is 12.3. The molecule has 92 valence electrons. The van der Waals surface area contributed by atoms with Gasteiger partial charge in [-0.25, -0.2) is 0 Å². The van der Waals surface area contributed by atoms with Crippen LogP contribution in [0.5, 0.6) is 0 Å². The van der Waals surface area contributed by atoms with Crippen molar-refractivity contribution in [1.82, 2.24) is 0 Å². The van der Waals surface area contributed by atoms with Crippen LogP contribution in [0.2, 0.25) is 0 Å². The van der Waals surface area contributed by atoms with Crippen molar-refractivity contribution in [3.05, 3.63) is 20.8 Å². The maximum atomic E-state index is 6.11. The van der Waals surface area contributed by atoms with Gasteiger partial charge in [-0.05, 0) is 40.9 Å². The maximum Gasteiger partial charge on any atom is 0.107 e. The normalized spacial score (nSPS) is 15.0. The summed E-state index contributed by atoms with van der Waals surface area (Å²) in [5, 5.41) is 0. The number of halogens is 1. The fourth-order valence-corrected chi connectivity index (χ4v) is 3.02. The van der Waals surface area contributed by atoms with Gasteiger partial charge < -0.3 is 10.5 Å². The summed E-state index contributed by atoms with van der Waals surface area (Å²) in [6.45, 7) is 5.06. The van der Waals surface area contributed by atoms with Crippen LogP contribution >= 0.6 is 27.3 Å². The molecule has 0 fully saturated rings. The zero-order chi connectivity index (χ0) is 12.0. The van der Waals surface area contributed by atoms with Gasteiger partial charge in [0.15, 0.2) is 0 Å². The second kappa shape index (κ2) is 7.43. The minimum atomic E-state index is 0.0489. The second-order valence-electron chi connectivity index (χ2n) is 3.86. The quantitative estimate of drug-likeness (QED) is 0.770. The van der Waals surface area contributed by atoms with E-state index in [2.05, 4.69) is 41.9 Å². The van der Waals surface area contributed by atoms with Crippen molar-refractivity contribution in [3.8, 4) is 0 Å². The van der Waals surface area contributed by atoms with Gasteiger partial charge in [-0.15, -0.1) is 11.3 Å². The smallest absolute Gasteiger partial charge is 0.107 e. The first kappa shape index (κ1) is 14.2. The van der Waals surface area contributed by atoms with Crippen LogP contribution in [-0.4, -0.2) is 12.6 Å². The van der Waals surface area contributed by atoms with E-state index in [0.717, 1.165) is 29.7 Å². The minimum absolute atomic E-state index is 0.0489. The number of rotatable bonds is 7. The van der Waals surface area contributed by atoms with Crippen molar-refractivity contribution < 1.29 is 4.74 Å². The van der Waals surface area contributed by atoms with Gasteiger partial charge in [0, 0.05) is 17.5 Å². The average molecular weight is 306 g/mol. The van der Waals surface area contributed by atoms with E-state index in [4.69, 9.17) is 10.5 Å². The molecule has 0 aliphatic rings. The third kappa shape index (κ3) is 4.17. The third-order valence-corrected chi connectivity index (χ3v) is 4.22. The second-order valence-corrected chi connectivity index (χ2v) is 6.35. The van der Waals surface area contributed by atoms with Crippen LogP contribution in [0.25, 0.3) is 0 Å². The number of unbranched alkanes of at least 4 members (excludes halogenated alkanes) is 1. The molecule has 1 aromatic rings. The molecule has 0 saturated carbocycles. The molecule has 2 unspecified atom stereocenters. The van der Waals surface area contributed by atoms with Crippen molar-refractivity contribution >= 4 is 27.3 Å². The van der Waals surface area contributed by atoms with E-state index in [9.17, 15) is 0 Å². The Labute approximate surface area is 110 Å². The summed E-state index contributed by atoms with van der Waals surface area (Å²) in [5.41, 5.74) is 6.11. The van der Waals surface area contributed by atoms with Crippen molar-refractivity contribution in [2.45, 2.75) is 45.3 Å². The van der Waals surface area contributed by atoms with E-state index in [1.807, 2.05) is 0 Å². The predicted octanol–water partition coefficient (Wildman–Crippen LogP) is 4.11. The Bertz CT molecular complexity index is 303. The van der Waals surface area contributed by atoms with Crippen molar-refractivity contribution in [1.29, 1.82) is 0 Å². The van der Waals surface area contributed by atoms with Crippen molar-refractivity contribution in [2.75, 3.05) is 6.61 Å². The summed E-state index contributed by atoms with van der Waals surface area (Å²) in [7, 11) is 0. The van der Waals surface area contributed by atoms with Gasteiger partial charge in [0.05, 0.1) is 3.79 Å². The van der Waals surface area contributed by atoms with Crippen LogP contribution in [0.15, 0.2) is 15.9 Å². The van der Waals surface area contributed by atoms with Gasteiger partial charge in [0.2, 0.25) is 0 Å². The van der Waals surface area contributed by atoms with Crippen molar-refractivity contribution in [2.24, 2.45) is 5.73 Å². The summed E-state index contributed by atoms with van der Waals surface area (Å²) in [4.78, 5) is 1.22. The molecule has 2 N–H and O–H groups in total. The molecule has 2 atom stereocenters. The highest BCUT2D eigenvalue weighted by molar-refractivity contribution is 9.11. The molecule has 2 nitrogen and oxygen atoms in total. The Hall–Kier alpha value is 0.1000. The number of thiophene rings is 1. The molecule has 0 spiro atoms. The van der Waals surface area contributed by atoms with Crippen LogP contribution in [0.3, 0.4) is 0 Å². The minimum Gasteiger partial charge on any atom is -0.371 e. The summed E-state index contributed by atoms with van der Waals surface area (Å²) >= 11 is 5.18. The van der Waals surface area contributed by atoms with Crippen LogP contribution in [0, 0.1) is 0 Å². The Morgan fingerprint density at radius 2 is 2.19 bits per heavy atom. The molecule has 0 bridgehead atoms. The number of hydrogen-bond acceptors (Lipinski definition) is 3. The van der Waals surface area contributed by atoms with E-state index in [1.54, 1.807) is 11.3 Å². The number of hydrogen-bond donors (Lipinski definition) is 1. The molecule has 1 heterocycles. The van der Waals surface area contributed by atoms with E-state index in [1.165, 1.54) is 4.88 Å². The number of ether oxygens (including phenoxy) is 1. The molecular weight excluding hydrogens is 286 g/mol. The van der Waals surface area contributed by atoms with Crippen molar-refractivity contribution in [3.63, 3.8) is 0 Å². The van der Waals surface area contributed by atoms with Crippen LogP contribution in [0.1, 0.15) is 44.1 Å². The first-order chi connectivity index (χ1) is 7.69. The lowest BCUT2D eigenvalue weighted by molar-refractivity contribution is 0.0342. The monoisotopic (exact) mass is 305 g/mol. The Morgan fingerprint density at radius 3 is 2.69 bits per heavy atom. The summed E-state index contributed by atoms with van der Waals surface area (Å²) in [6, 6.07) is 4.24. The lowest BCUT2D eigenvalue weighted by Gasteiger charge is -2.22. The highest BCUT2D eigenvalue weighted by Crippen LogP contribution is 2.31. The lowest BCUT2D eigenvalue weighted by Crippen LogP contribution is -2.29. The Kier molecular flexibility index (Phi) is 6.58. The van der Waals surface area contributed by atoms with Gasteiger partial charge in [-0.2, -0.15) is 0 Å². The predicted molar refractivity (Wildman–Crippen MR) is 73.9 cm³/mol. The molecular formula is C12H20BrNOS. The molecule has 0 aliphatic carbocycles. The first-order valence-corrected chi connectivity index (χ1v) is 7.42.